The maximum absolute atomic E-state index is 12.3. The molecule has 0 aliphatic carbocycles. The first kappa shape index (κ1) is 16.0. The molecule has 19 heavy (non-hydrogen) atoms. The number of hydrogen-bond acceptors (Lipinski definition) is 3. The van der Waals surface area contributed by atoms with Crippen LogP contribution in [-0.2, 0) is 9.59 Å². The summed E-state index contributed by atoms with van der Waals surface area (Å²) >= 11 is 0. The molecule has 1 fully saturated rings. The van der Waals surface area contributed by atoms with E-state index in [9.17, 15) is 9.59 Å². The zero-order valence-electron chi connectivity index (χ0n) is 12.2. The standard InChI is InChI=1S/C14H27N3O2/c1-3-5-12(10-15)14(19)17-8-6-11(7-9-17)13(18)16-4-2/h11-12H,3-10,15H2,1-2H3,(H,16,18). The fourth-order valence-corrected chi connectivity index (χ4v) is 2.63. The first-order chi connectivity index (χ1) is 9.13. The molecule has 1 aliphatic heterocycles. The van der Waals surface area contributed by atoms with Crippen LogP contribution in [-0.4, -0.2) is 42.9 Å². The lowest BCUT2D eigenvalue weighted by molar-refractivity contribution is -0.139. The molecule has 1 heterocycles. The highest BCUT2D eigenvalue weighted by atomic mass is 16.2. The normalized spacial score (nSPS) is 18.2. The summed E-state index contributed by atoms with van der Waals surface area (Å²) in [6.45, 7) is 6.44. The summed E-state index contributed by atoms with van der Waals surface area (Å²) in [7, 11) is 0. The van der Waals surface area contributed by atoms with E-state index in [0.29, 0.717) is 26.2 Å². The van der Waals surface area contributed by atoms with Gasteiger partial charge in [-0.15, -0.1) is 0 Å². The minimum absolute atomic E-state index is 0.0500. The molecule has 0 bridgehead atoms. The van der Waals surface area contributed by atoms with Crippen LogP contribution in [0.2, 0.25) is 0 Å². The average molecular weight is 269 g/mol. The summed E-state index contributed by atoms with van der Waals surface area (Å²) in [5.41, 5.74) is 5.67. The molecule has 0 aromatic rings. The van der Waals surface area contributed by atoms with Crippen molar-refractivity contribution >= 4 is 11.8 Å². The van der Waals surface area contributed by atoms with Gasteiger partial charge in [0.25, 0.3) is 0 Å². The lowest BCUT2D eigenvalue weighted by Crippen LogP contribution is -2.46. The van der Waals surface area contributed by atoms with Crippen LogP contribution in [0.4, 0.5) is 0 Å². The third kappa shape index (κ3) is 4.49. The van der Waals surface area contributed by atoms with Crippen LogP contribution in [0.25, 0.3) is 0 Å². The molecule has 1 rings (SSSR count). The molecule has 2 amide bonds. The minimum Gasteiger partial charge on any atom is -0.356 e. The van der Waals surface area contributed by atoms with Crippen molar-refractivity contribution in [2.45, 2.75) is 39.5 Å². The zero-order valence-corrected chi connectivity index (χ0v) is 12.2. The van der Waals surface area contributed by atoms with E-state index in [1.54, 1.807) is 0 Å². The van der Waals surface area contributed by atoms with Gasteiger partial charge in [-0.1, -0.05) is 13.3 Å². The van der Waals surface area contributed by atoms with Crippen molar-refractivity contribution in [3.63, 3.8) is 0 Å². The fraction of sp³-hybridized carbons (Fsp3) is 0.857. The van der Waals surface area contributed by atoms with E-state index in [1.165, 1.54) is 0 Å². The number of piperidine rings is 1. The van der Waals surface area contributed by atoms with Crippen LogP contribution >= 0.6 is 0 Å². The highest BCUT2D eigenvalue weighted by Gasteiger charge is 2.29. The number of carbonyl (C=O) groups excluding carboxylic acids is 2. The van der Waals surface area contributed by atoms with E-state index in [2.05, 4.69) is 12.2 Å². The number of nitrogens with two attached hydrogens (primary N) is 1. The molecule has 5 heteroatoms. The third-order valence-corrected chi connectivity index (χ3v) is 3.80. The van der Waals surface area contributed by atoms with Gasteiger partial charge in [0.1, 0.15) is 0 Å². The maximum Gasteiger partial charge on any atom is 0.226 e. The number of carbonyl (C=O) groups is 2. The van der Waals surface area contributed by atoms with Crippen molar-refractivity contribution in [3.8, 4) is 0 Å². The number of amides is 2. The smallest absolute Gasteiger partial charge is 0.226 e. The predicted molar refractivity (Wildman–Crippen MR) is 75.4 cm³/mol. The molecule has 1 saturated heterocycles. The van der Waals surface area contributed by atoms with Gasteiger partial charge in [0, 0.05) is 32.1 Å². The number of nitrogens with one attached hydrogen (secondary N) is 1. The van der Waals surface area contributed by atoms with Gasteiger partial charge in [-0.3, -0.25) is 9.59 Å². The monoisotopic (exact) mass is 269 g/mol. The second-order valence-corrected chi connectivity index (χ2v) is 5.22. The Morgan fingerprint density at radius 2 is 1.95 bits per heavy atom. The summed E-state index contributed by atoms with van der Waals surface area (Å²) in [4.78, 5) is 25.9. The maximum atomic E-state index is 12.3. The lowest BCUT2D eigenvalue weighted by atomic mass is 9.94. The SMILES string of the molecule is CCCC(CN)C(=O)N1CCC(C(=O)NCC)CC1. The molecule has 5 nitrogen and oxygen atoms in total. The molecular formula is C14H27N3O2. The summed E-state index contributed by atoms with van der Waals surface area (Å²) in [6, 6.07) is 0. The molecule has 1 aliphatic rings. The van der Waals surface area contributed by atoms with Crippen LogP contribution in [0.3, 0.4) is 0 Å². The summed E-state index contributed by atoms with van der Waals surface area (Å²) in [5.74, 6) is 0.301. The summed E-state index contributed by atoms with van der Waals surface area (Å²) in [5, 5.41) is 2.85. The quantitative estimate of drug-likeness (QED) is 0.746. The van der Waals surface area contributed by atoms with Gasteiger partial charge in [-0.2, -0.15) is 0 Å². The molecule has 1 unspecified atom stereocenters. The van der Waals surface area contributed by atoms with Crippen molar-refractivity contribution in [1.29, 1.82) is 0 Å². The minimum atomic E-state index is -0.0500. The van der Waals surface area contributed by atoms with Crippen molar-refractivity contribution in [1.82, 2.24) is 10.2 Å². The molecule has 0 aromatic heterocycles. The van der Waals surface area contributed by atoms with Gasteiger partial charge < -0.3 is 16.0 Å². The van der Waals surface area contributed by atoms with Crippen LogP contribution in [0, 0.1) is 11.8 Å². The highest BCUT2D eigenvalue weighted by Crippen LogP contribution is 2.20. The number of likely N-dealkylation sites (tertiary alicyclic amines) is 1. The van der Waals surface area contributed by atoms with Gasteiger partial charge in [-0.25, -0.2) is 0 Å². The Hall–Kier alpha value is -1.10. The van der Waals surface area contributed by atoms with Gasteiger partial charge >= 0.3 is 0 Å². The molecule has 1 atom stereocenters. The van der Waals surface area contributed by atoms with Gasteiger partial charge in [-0.05, 0) is 26.2 Å². The van der Waals surface area contributed by atoms with Crippen molar-refractivity contribution in [2.24, 2.45) is 17.6 Å². The number of rotatable bonds is 6. The predicted octanol–water partition coefficient (Wildman–Crippen LogP) is 0.736. The van der Waals surface area contributed by atoms with E-state index >= 15 is 0 Å². The fourth-order valence-electron chi connectivity index (χ4n) is 2.63. The Morgan fingerprint density at radius 1 is 1.32 bits per heavy atom. The Morgan fingerprint density at radius 3 is 2.42 bits per heavy atom. The largest absolute Gasteiger partial charge is 0.356 e. The van der Waals surface area contributed by atoms with Gasteiger partial charge in [0.05, 0.1) is 5.92 Å². The van der Waals surface area contributed by atoms with E-state index in [-0.39, 0.29) is 23.7 Å². The molecule has 0 radical (unpaired) electrons. The molecule has 0 spiro atoms. The van der Waals surface area contributed by atoms with Crippen LogP contribution < -0.4 is 11.1 Å². The van der Waals surface area contributed by atoms with E-state index in [4.69, 9.17) is 5.73 Å². The first-order valence-corrected chi connectivity index (χ1v) is 7.40. The molecule has 110 valence electrons. The molecule has 0 aromatic carbocycles. The third-order valence-electron chi connectivity index (χ3n) is 3.80. The molecule has 3 N–H and O–H groups in total. The van der Waals surface area contributed by atoms with Gasteiger partial charge in [0.15, 0.2) is 0 Å². The van der Waals surface area contributed by atoms with E-state index < -0.39 is 0 Å². The molecular weight excluding hydrogens is 242 g/mol. The Kier molecular flexibility index (Phi) is 6.84. The average Bonchev–Trinajstić information content (AvgIpc) is 2.44. The zero-order chi connectivity index (χ0) is 14.3. The topological polar surface area (TPSA) is 75.4 Å². The second kappa shape index (κ2) is 8.15. The number of nitrogens with zero attached hydrogens (tertiary/aromatic N) is 1. The lowest BCUT2D eigenvalue weighted by Gasteiger charge is -2.33. The Balaban J connectivity index is 2.44. The van der Waals surface area contributed by atoms with Crippen molar-refractivity contribution in [2.75, 3.05) is 26.2 Å². The summed E-state index contributed by atoms with van der Waals surface area (Å²) < 4.78 is 0. The second-order valence-electron chi connectivity index (χ2n) is 5.22. The Labute approximate surface area is 115 Å². The summed E-state index contributed by atoms with van der Waals surface area (Å²) in [6.07, 6.45) is 3.36. The van der Waals surface area contributed by atoms with Crippen LogP contribution in [0.15, 0.2) is 0 Å². The van der Waals surface area contributed by atoms with Gasteiger partial charge in [0.2, 0.25) is 11.8 Å². The van der Waals surface area contributed by atoms with Crippen LogP contribution in [0.1, 0.15) is 39.5 Å². The first-order valence-electron chi connectivity index (χ1n) is 7.40. The highest BCUT2D eigenvalue weighted by molar-refractivity contribution is 5.81. The number of hydrogen-bond donors (Lipinski definition) is 2. The van der Waals surface area contributed by atoms with Crippen molar-refractivity contribution < 1.29 is 9.59 Å². The van der Waals surface area contributed by atoms with Crippen LogP contribution in [0.5, 0.6) is 0 Å². The van der Waals surface area contributed by atoms with Crippen molar-refractivity contribution in [3.05, 3.63) is 0 Å². The Bertz CT molecular complexity index is 299. The molecule has 0 saturated carbocycles. The van der Waals surface area contributed by atoms with E-state index in [1.807, 2.05) is 11.8 Å². The van der Waals surface area contributed by atoms with E-state index in [0.717, 1.165) is 25.7 Å².